The highest BCUT2D eigenvalue weighted by molar-refractivity contribution is 5.99. The van der Waals surface area contributed by atoms with Crippen LogP contribution in [0, 0.1) is 13.8 Å². The fourth-order valence-corrected chi connectivity index (χ4v) is 4.61. The molecule has 1 aliphatic heterocycles. The lowest BCUT2D eigenvalue weighted by Gasteiger charge is -2.25. The van der Waals surface area contributed by atoms with E-state index in [0.29, 0.717) is 41.9 Å². The molecule has 1 amide bonds. The minimum atomic E-state index is -0.584. The summed E-state index contributed by atoms with van der Waals surface area (Å²) < 4.78 is 12.0. The fourth-order valence-electron chi connectivity index (χ4n) is 4.61. The van der Waals surface area contributed by atoms with Gasteiger partial charge < -0.3 is 19.2 Å². The van der Waals surface area contributed by atoms with Gasteiger partial charge in [-0.3, -0.25) is 9.59 Å². The number of unbranched alkanes of at least 4 members (excludes halogenated alkanes) is 2. The third-order valence-electron chi connectivity index (χ3n) is 6.14. The van der Waals surface area contributed by atoms with Crippen molar-refractivity contribution in [2.45, 2.75) is 52.5 Å². The number of aliphatic hydroxyl groups is 1. The van der Waals surface area contributed by atoms with Crippen LogP contribution in [0.5, 0.6) is 5.75 Å². The third-order valence-corrected chi connectivity index (χ3v) is 6.14. The van der Waals surface area contributed by atoms with Gasteiger partial charge in [0, 0.05) is 13.2 Å². The van der Waals surface area contributed by atoms with Gasteiger partial charge in [-0.15, -0.1) is 0 Å². The minimum Gasteiger partial charge on any atom is -0.494 e. The van der Waals surface area contributed by atoms with Crippen LogP contribution in [0.1, 0.15) is 71.5 Å². The van der Waals surface area contributed by atoms with Gasteiger partial charge in [-0.05, 0) is 61.6 Å². The van der Waals surface area contributed by atoms with Crippen LogP contribution in [0.25, 0.3) is 11.0 Å². The van der Waals surface area contributed by atoms with Crippen molar-refractivity contribution in [1.29, 1.82) is 0 Å². The van der Waals surface area contributed by atoms with E-state index in [1.54, 1.807) is 4.90 Å². The summed E-state index contributed by atoms with van der Waals surface area (Å²) in [6, 6.07) is 10.8. The zero-order chi connectivity index (χ0) is 23.5. The van der Waals surface area contributed by atoms with E-state index in [2.05, 4.69) is 6.92 Å². The van der Waals surface area contributed by atoms with Crippen molar-refractivity contribution in [3.63, 3.8) is 0 Å². The number of rotatable bonds is 9. The van der Waals surface area contributed by atoms with Crippen LogP contribution in [-0.4, -0.2) is 35.7 Å². The number of carbonyl (C=O) groups is 1. The minimum absolute atomic E-state index is 0.0465. The predicted octanol–water partition coefficient (Wildman–Crippen LogP) is 4.91. The van der Waals surface area contributed by atoms with Crippen LogP contribution in [0.3, 0.4) is 0 Å². The first-order valence-corrected chi connectivity index (χ1v) is 11.7. The second-order valence-electron chi connectivity index (χ2n) is 8.74. The van der Waals surface area contributed by atoms with Gasteiger partial charge in [0.2, 0.25) is 5.76 Å². The second kappa shape index (κ2) is 9.79. The molecule has 1 N–H and O–H groups in total. The molecule has 4 rings (SSSR count). The fraction of sp³-hybridized carbons (Fsp3) is 0.407. The Morgan fingerprint density at radius 3 is 2.67 bits per heavy atom. The average molecular weight is 450 g/mol. The van der Waals surface area contributed by atoms with Gasteiger partial charge >= 0.3 is 0 Å². The molecule has 2 aromatic carbocycles. The van der Waals surface area contributed by atoms with Crippen molar-refractivity contribution in [2.75, 3.05) is 19.8 Å². The SMILES string of the molecule is CCCCCOc1cccc(C2c3c(oc4c(C)cc(C)cc4c3=O)C(=O)N2CCCO)c1. The third kappa shape index (κ3) is 4.40. The van der Waals surface area contributed by atoms with Crippen molar-refractivity contribution in [2.24, 2.45) is 0 Å². The molecular weight excluding hydrogens is 418 g/mol. The van der Waals surface area contributed by atoms with E-state index >= 15 is 0 Å². The number of benzene rings is 2. The van der Waals surface area contributed by atoms with Crippen LogP contribution in [-0.2, 0) is 0 Å². The molecule has 6 nitrogen and oxygen atoms in total. The Balaban J connectivity index is 1.83. The van der Waals surface area contributed by atoms with E-state index in [9.17, 15) is 14.7 Å². The molecule has 1 aromatic heterocycles. The number of aryl methyl sites for hydroxylation is 2. The predicted molar refractivity (Wildman–Crippen MR) is 128 cm³/mol. The Morgan fingerprint density at radius 2 is 1.91 bits per heavy atom. The van der Waals surface area contributed by atoms with E-state index < -0.39 is 6.04 Å². The summed E-state index contributed by atoms with van der Waals surface area (Å²) in [5.74, 6) is 0.483. The Labute approximate surface area is 193 Å². The molecule has 0 saturated heterocycles. The molecule has 1 aliphatic rings. The zero-order valence-electron chi connectivity index (χ0n) is 19.5. The molecule has 0 radical (unpaired) electrons. The Kier molecular flexibility index (Phi) is 6.84. The number of fused-ring (bicyclic) bond motifs is 2. The molecule has 6 heteroatoms. The summed E-state index contributed by atoms with van der Waals surface area (Å²) in [6.45, 7) is 6.86. The van der Waals surface area contributed by atoms with Crippen molar-refractivity contribution in [1.82, 2.24) is 4.90 Å². The molecule has 0 saturated carbocycles. The largest absolute Gasteiger partial charge is 0.494 e. The maximum atomic E-state index is 13.7. The summed E-state index contributed by atoms with van der Waals surface area (Å²) in [5, 5.41) is 9.89. The highest BCUT2D eigenvalue weighted by Crippen LogP contribution is 2.39. The van der Waals surface area contributed by atoms with Crippen LogP contribution in [0.15, 0.2) is 45.6 Å². The monoisotopic (exact) mass is 449 g/mol. The molecule has 0 aliphatic carbocycles. The first kappa shape index (κ1) is 23.1. The average Bonchev–Trinajstić information content (AvgIpc) is 3.08. The molecule has 3 aromatic rings. The standard InChI is InChI=1S/C27H31NO5/c1-4-5-6-13-32-20-10-7-9-19(16-20)23-22-24(30)21-15-17(2)14-18(3)25(21)33-26(22)27(31)28(23)11-8-12-29/h7,9-10,14-16,23,29H,4-6,8,11-13H2,1-3H3. The number of hydrogen-bond acceptors (Lipinski definition) is 5. The van der Waals surface area contributed by atoms with E-state index in [1.807, 2.05) is 50.2 Å². The number of aliphatic hydroxyl groups excluding tert-OH is 1. The topological polar surface area (TPSA) is 80.0 Å². The molecule has 0 fully saturated rings. The van der Waals surface area contributed by atoms with Crippen molar-refractivity contribution < 1.29 is 19.1 Å². The zero-order valence-corrected chi connectivity index (χ0v) is 19.5. The van der Waals surface area contributed by atoms with Crippen LogP contribution in [0.2, 0.25) is 0 Å². The Hall–Kier alpha value is -3.12. The number of carbonyl (C=O) groups excluding carboxylic acids is 1. The van der Waals surface area contributed by atoms with E-state index in [-0.39, 0.29) is 23.7 Å². The summed E-state index contributed by atoms with van der Waals surface area (Å²) in [6.07, 6.45) is 3.61. The Morgan fingerprint density at radius 1 is 1.09 bits per heavy atom. The first-order valence-electron chi connectivity index (χ1n) is 11.7. The van der Waals surface area contributed by atoms with Crippen LogP contribution >= 0.6 is 0 Å². The van der Waals surface area contributed by atoms with E-state index in [1.165, 1.54) is 0 Å². The van der Waals surface area contributed by atoms with E-state index in [4.69, 9.17) is 9.15 Å². The highest BCUT2D eigenvalue weighted by atomic mass is 16.5. The second-order valence-corrected chi connectivity index (χ2v) is 8.74. The maximum Gasteiger partial charge on any atom is 0.290 e. The summed E-state index contributed by atoms with van der Waals surface area (Å²) in [4.78, 5) is 28.7. The molecular formula is C27H31NO5. The van der Waals surface area contributed by atoms with Crippen molar-refractivity contribution >= 4 is 16.9 Å². The molecule has 1 atom stereocenters. The molecule has 174 valence electrons. The number of hydrogen-bond donors (Lipinski definition) is 1. The lowest BCUT2D eigenvalue weighted by molar-refractivity contribution is 0.0716. The van der Waals surface area contributed by atoms with Gasteiger partial charge in [-0.2, -0.15) is 0 Å². The van der Waals surface area contributed by atoms with Gasteiger partial charge in [0.05, 0.1) is 23.6 Å². The summed E-state index contributed by atoms with van der Waals surface area (Å²) in [5.41, 5.74) is 3.21. The van der Waals surface area contributed by atoms with Gasteiger partial charge in [-0.1, -0.05) is 38.0 Å². The molecule has 2 heterocycles. The van der Waals surface area contributed by atoms with Crippen molar-refractivity contribution in [3.05, 3.63) is 74.6 Å². The molecule has 1 unspecified atom stereocenters. The summed E-state index contributed by atoms with van der Waals surface area (Å²) >= 11 is 0. The number of ether oxygens (including phenoxy) is 1. The van der Waals surface area contributed by atoms with Crippen molar-refractivity contribution in [3.8, 4) is 5.75 Å². The lowest BCUT2D eigenvalue weighted by Crippen LogP contribution is -2.31. The van der Waals surface area contributed by atoms with Gasteiger partial charge in [0.25, 0.3) is 5.91 Å². The maximum absolute atomic E-state index is 13.7. The quantitative estimate of drug-likeness (QED) is 0.470. The number of nitrogens with zero attached hydrogens (tertiary/aromatic N) is 1. The lowest BCUT2D eigenvalue weighted by atomic mass is 9.97. The smallest absolute Gasteiger partial charge is 0.290 e. The van der Waals surface area contributed by atoms with Gasteiger partial charge in [0.1, 0.15) is 11.3 Å². The van der Waals surface area contributed by atoms with Crippen LogP contribution in [0.4, 0.5) is 0 Å². The highest BCUT2D eigenvalue weighted by Gasteiger charge is 2.42. The van der Waals surface area contributed by atoms with Gasteiger partial charge in [-0.25, -0.2) is 0 Å². The molecule has 33 heavy (non-hydrogen) atoms. The molecule has 0 spiro atoms. The Bertz CT molecular complexity index is 1230. The number of amides is 1. The van der Waals surface area contributed by atoms with E-state index in [0.717, 1.165) is 36.0 Å². The normalized spacial score (nSPS) is 15.3. The van der Waals surface area contributed by atoms with Gasteiger partial charge in [0.15, 0.2) is 5.43 Å². The van der Waals surface area contributed by atoms with Crippen LogP contribution < -0.4 is 10.2 Å². The molecule has 0 bridgehead atoms. The summed E-state index contributed by atoms with van der Waals surface area (Å²) in [7, 11) is 0. The first-order chi connectivity index (χ1) is 16.0.